The smallest absolute Gasteiger partial charge is 0.234 e. The minimum absolute atomic E-state index is 0.390. The Kier molecular flexibility index (Phi) is 4.03. The Morgan fingerprint density at radius 2 is 1.72 bits per heavy atom. The van der Waals surface area contributed by atoms with E-state index < -0.39 is 11.0 Å². The van der Waals surface area contributed by atoms with Gasteiger partial charge in [0.1, 0.15) is 5.94 Å². The lowest BCUT2D eigenvalue weighted by Crippen LogP contribution is -2.18. The zero-order valence-electron chi connectivity index (χ0n) is 11.2. The Hall–Kier alpha value is -1.95. The number of rotatable bonds is 4. The van der Waals surface area contributed by atoms with E-state index in [1.807, 2.05) is 57.9 Å². The number of hydrogen-bond donors (Lipinski definition) is 0. The zero-order valence-corrected chi connectivity index (χ0v) is 11.2. The van der Waals surface area contributed by atoms with Crippen molar-refractivity contribution < 1.29 is 9.59 Å². The number of benzene rings is 1. The van der Waals surface area contributed by atoms with Crippen LogP contribution in [0.15, 0.2) is 35.3 Å². The van der Waals surface area contributed by atoms with Crippen LogP contribution in [0.25, 0.3) is 0 Å². The molecule has 0 heterocycles. The topological polar surface area (TPSA) is 46.5 Å². The number of hydrogen-bond acceptors (Lipinski definition) is 3. The first-order valence-corrected chi connectivity index (χ1v) is 5.75. The zero-order chi connectivity index (χ0) is 13.8. The van der Waals surface area contributed by atoms with E-state index in [1.165, 1.54) is 6.08 Å². The van der Waals surface area contributed by atoms with Gasteiger partial charge in [-0.2, -0.15) is 4.99 Å². The van der Waals surface area contributed by atoms with Crippen molar-refractivity contribution >= 4 is 12.0 Å². The third-order valence-electron chi connectivity index (χ3n) is 3.06. The van der Waals surface area contributed by atoms with Crippen LogP contribution in [-0.4, -0.2) is 12.0 Å². The highest BCUT2D eigenvalue weighted by Crippen LogP contribution is 2.30. The quantitative estimate of drug-likeness (QED) is 0.463. The predicted molar refractivity (Wildman–Crippen MR) is 70.9 cm³/mol. The molecule has 0 fully saturated rings. The summed E-state index contributed by atoms with van der Waals surface area (Å²) in [6.07, 6.45) is 3.08. The van der Waals surface area contributed by atoms with Crippen molar-refractivity contribution in [2.24, 2.45) is 4.99 Å². The number of isocyanates is 1. The van der Waals surface area contributed by atoms with Crippen LogP contribution in [0.4, 0.5) is 0 Å². The first kappa shape index (κ1) is 14.1. The van der Waals surface area contributed by atoms with Crippen molar-refractivity contribution in [3.8, 4) is 0 Å². The third-order valence-corrected chi connectivity index (χ3v) is 3.06. The van der Waals surface area contributed by atoms with E-state index in [1.54, 1.807) is 6.08 Å². The van der Waals surface area contributed by atoms with Crippen molar-refractivity contribution in [2.75, 3.05) is 0 Å². The normalized spacial score (nSPS) is 11.3. The molecule has 0 N–H and O–H groups in total. The fourth-order valence-electron chi connectivity index (χ4n) is 1.71. The maximum Gasteiger partial charge on any atom is 0.235 e. The summed E-state index contributed by atoms with van der Waals surface area (Å²) in [5, 5.41) is 0. The summed E-state index contributed by atoms with van der Waals surface area (Å²) in [5.74, 6) is 1.83. The second-order valence-corrected chi connectivity index (χ2v) is 5.33. The lowest BCUT2D eigenvalue weighted by molar-refractivity contribution is 0.521. The summed E-state index contributed by atoms with van der Waals surface area (Å²) < 4.78 is 0. The van der Waals surface area contributed by atoms with Crippen LogP contribution in [0.5, 0.6) is 0 Å². The van der Waals surface area contributed by atoms with Gasteiger partial charge in [0.05, 0.1) is 5.54 Å². The van der Waals surface area contributed by atoms with Gasteiger partial charge in [-0.3, -0.25) is 0 Å². The molecule has 1 rings (SSSR count). The largest absolute Gasteiger partial charge is 0.235 e. The summed E-state index contributed by atoms with van der Waals surface area (Å²) in [4.78, 5) is 24.8. The van der Waals surface area contributed by atoms with Gasteiger partial charge in [-0.05, 0) is 25.0 Å². The van der Waals surface area contributed by atoms with Crippen LogP contribution in [0.3, 0.4) is 0 Å². The van der Waals surface area contributed by atoms with Crippen molar-refractivity contribution in [1.29, 1.82) is 0 Å². The molecule has 0 radical (unpaired) electrons. The van der Waals surface area contributed by atoms with Gasteiger partial charge in [-0.25, -0.2) is 9.59 Å². The third kappa shape index (κ3) is 3.04. The molecule has 0 spiro atoms. The number of carbonyl (C=O) groups excluding carboxylic acids is 2. The molecule has 1 aromatic rings. The Balaban J connectivity index is 3.30. The Labute approximate surface area is 107 Å². The molecule has 0 saturated heterocycles. The molecule has 0 aliphatic carbocycles. The molecule has 3 nitrogen and oxygen atoms in total. The SMILES string of the molecule is CC(C)(C=C=O)c1cccc(C(C)(C)N=C=O)c1. The summed E-state index contributed by atoms with van der Waals surface area (Å²) >= 11 is 0. The Morgan fingerprint density at radius 1 is 1.11 bits per heavy atom. The van der Waals surface area contributed by atoms with Gasteiger partial charge in [-0.15, -0.1) is 0 Å². The summed E-state index contributed by atoms with van der Waals surface area (Å²) in [6.45, 7) is 7.57. The highest BCUT2D eigenvalue weighted by atomic mass is 16.1. The predicted octanol–water partition coefficient (Wildman–Crippen LogP) is 2.92. The first-order chi connectivity index (χ1) is 8.33. The van der Waals surface area contributed by atoms with Gasteiger partial charge >= 0.3 is 0 Å². The molecule has 18 heavy (non-hydrogen) atoms. The molecule has 0 aliphatic heterocycles. The molecule has 3 heteroatoms. The van der Waals surface area contributed by atoms with Crippen LogP contribution in [0.1, 0.15) is 38.8 Å². The number of allylic oxidation sites excluding steroid dienone is 1. The van der Waals surface area contributed by atoms with E-state index in [4.69, 9.17) is 0 Å². The molecule has 94 valence electrons. The van der Waals surface area contributed by atoms with E-state index in [0.29, 0.717) is 0 Å². The van der Waals surface area contributed by atoms with Gasteiger partial charge in [-0.1, -0.05) is 38.1 Å². The van der Waals surface area contributed by atoms with E-state index in [-0.39, 0.29) is 0 Å². The van der Waals surface area contributed by atoms with Crippen LogP contribution in [0, 0.1) is 0 Å². The molecule has 0 aliphatic rings. The monoisotopic (exact) mass is 243 g/mol. The van der Waals surface area contributed by atoms with Gasteiger partial charge in [0.15, 0.2) is 0 Å². The van der Waals surface area contributed by atoms with Crippen LogP contribution in [0.2, 0.25) is 0 Å². The van der Waals surface area contributed by atoms with E-state index in [9.17, 15) is 9.59 Å². The minimum atomic E-state index is -0.612. The van der Waals surface area contributed by atoms with Crippen LogP contribution < -0.4 is 0 Å². The van der Waals surface area contributed by atoms with Crippen molar-refractivity contribution in [3.05, 3.63) is 41.5 Å². The second kappa shape index (κ2) is 5.14. The highest BCUT2D eigenvalue weighted by molar-refractivity contribution is 5.51. The maximum atomic E-state index is 10.5. The summed E-state index contributed by atoms with van der Waals surface area (Å²) in [6, 6.07) is 7.70. The van der Waals surface area contributed by atoms with Crippen molar-refractivity contribution in [2.45, 2.75) is 38.6 Å². The minimum Gasteiger partial charge on any atom is -0.234 e. The fraction of sp³-hybridized carbons (Fsp3) is 0.400. The Morgan fingerprint density at radius 3 is 2.28 bits per heavy atom. The molecule has 1 aromatic carbocycles. The van der Waals surface area contributed by atoms with Gasteiger partial charge < -0.3 is 0 Å². The first-order valence-electron chi connectivity index (χ1n) is 5.75. The maximum absolute atomic E-state index is 10.5. The number of nitrogens with zero attached hydrogens (tertiary/aromatic N) is 1. The molecule has 0 amide bonds. The summed E-state index contributed by atoms with van der Waals surface area (Å²) in [5.41, 5.74) is 0.894. The lowest BCUT2D eigenvalue weighted by Gasteiger charge is -2.23. The molecular formula is C15H17NO2. The van der Waals surface area contributed by atoms with Gasteiger partial charge in [0.25, 0.3) is 0 Å². The molecule has 0 bridgehead atoms. The lowest BCUT2D eigenvalue weighted by atomic mass is 9.82. The fourth-order valence-corrected chi connectivity index (χ4v) is 1.71. The molecule has 0 saturated carbocycles. The van der Waals surface area contributed by atoms with Gasteiger partial charge in [0, 0.05) is 11.5 Å². The van der Waals surface area contributed by atoms with Crippen LogP contribution >= 0.6 is 0 Å². The summed E-state index contributed by atoms with van der Waals surface area (Å²) in [7, 11) is 0. The Bertz CT molecular complexity index is 486. The highest BCUT2D eigenvalue weighted by Gasteiger charge is 2.23. The van der Waals surface area contributed by atoms with E-state index in [2.05, 4.69) is 4.99 Å². The van der Waals surface area contributed by atoms with E-state index in [0.717, 1.165) is 11.1 Å². The number of aliphatic imine (C=N–C) groups is 1. The molecular weight excluding hydrogens is 226 g/mol. The average Bonchev–Trinajstić information content (AvgIpc) is 2.29. The molecule has 0 aromatic heterocycles. The second-order valence-electron chi connectivity index (χ2n) is 5.33. The van der Waals surface area contributed by atoms with Crippen LogP contribution in [-0.2, 0) is 20.5 Å². The van der Waals surface area contributed by atoms with E-state index >= 15 is 0 Å². The van der Waals surface area contributed by atoms with Crippen molar-refractivity contribution in [3.63, 3.8) is 0 Å². The van der Waals surface area contributed by atoms with Gasteiger partial charge in [0.2, 0.25) is 6.08 Å². The standard InChI is InChI=1S/C15H17NO2/c1-14(2,8-9-17)12-6-5-7-13(10-12)15(3,4)16-11-18/h5-8,10H,1-4H3. The van der Waals surface area contributed by atoms with Crippen molar-refractivity contribution in [1.82, 2.24) is 0 Å². The molecule has 0 unspecified atom stereocenters. The average molecular weight is 243 g/mol. The molecule has 0 atom stereocenters.